The van der Waals surface area contributed by atoms with E-state index in [0.717, 1.165) is 23.2 Å². The van der Waals surface area contributed by atoms with Crippen molar-refractivity contribution >= 4 is 14.6 Å². The predicted octanol–water partition coefficient (Wildman–Crippen LogP) is 6.56. The molecule has 0 saturated carbocycles. The monoisotopic (exact) mass is 486 g/mol. The molecule has 0 heterocycles. The topological polar surface area (TPSA) is 54.0 Å². The van der Waals surface area contributed by atoms with Crippen LogP contribution in [0.1, 0.15) is 51.7 Å². The van der Waals surface area contributed by atoms with Crippen molar-refractivity contribution < 1.29 is 23.4 Å². The first-order valence-electron chi connectivity index (χ1n) is 12.1. The van der Waals surface area contributed by atoms with E-state index in [4.69, 9.17) is 18.6 Å². The number of ether oxygens (including phenoxy) is 3. The maximum Gasteiger partial charge on any atom is 0.192 e. The van der Waals surface area contributed by atoms with Crippen LogP contribution in [0.5, 0.6) is 5.75 Å². The molecular weight excluding hydrogens is 444 g/mol. The lowest BCUT2D eigenvalue weighted by Gasteiger charge is -2.40. The number of carbonyl (C=O) groups is 1. The third-order valence-corrected chi connectivity index (χ3v) is 11.2. The molecule has 2 rings (SSSR count). The molecule has 6 heteroatoms. The molecule has 2 aromatic carbocycles. The summed E-state index contributed by atoms with van der Waals surface area (Å²) >= 11 is 0. The van der Waals surface area contributed by atoms with Gasteiger partial charge in [0.05, 0.1) is 38.6 Å². The van der Waals surface area contributed by atoms with Gasteiger partial charge in [0, 0.05) is 12.8 Å². The fourth-order valence-electron chi connectivity index (χ4n) is 3.38. The lowest BCUT2D eigenvalue weighted by Crippen LogP contribution is -2.45. The normalized spacial score (nSPS) is 14.9. The fraction of sp³-hybridized carbons (Fsp3) is 0.536. The van der Waals surface area contributed by atoms with Gasteiger partial charge in [0.1, 0.15) is 12.0 Å². The minimum atomic E-state index is -2.04. The minimum Gasteiger partial charge on any atom is -0.497 e. The van der Waals surface area contributed by atoms with Crippen molar-refractivity contribution in [2.24, 2.45) is 0 Å². The summed E-state index contributed by atoms with van der Waals surface area (Å²) in [5, 5.41) is 0.0585. The molecule has 2 aromatic rings. The summed E-state index contributed by atoms with van der Waals surface area (Å²) in [6.07, 6.45) is 1.30. The Balaban J connectivity index is 2.13. The summed E-state index contributed by atoms with van der Waals surface area (Å²) in [7, 11) is -0.389. The summed E-state index contributed by atoms with van der Waals surface area (Å²) in [5.74, 6) is 0.814. The van der Waals surface area contributed by atoms with Crippen molar-refractivity contribution in [1.82, 2.24) is 0 Å². The molecule has 0 fully saturated rings. The van der Waals surface area contributed by atoms with Crippen LogP contribution in [0.4, 0.5) is 0 Å². The fourth-order valence-corrected chi connectivity index (χ4v) is 4.76. The Morgan fingerprint density at radius 3 is 2.06 bits per heavy atom. The first-order chi connectivity index (χ1) is 16.1. The van der Waals surface area contributed by atoms with Crippen LogP contribution in [0.3, 0.4) is 0 Å². The molecule has 188 valence electrons. The third-order valence-electron chi connectivity index (χ3n) is 6.62. The van der Waals surface area contributed by atoms with Crippen molar-refractivity contribution in [2.75, 3.05) is 7.11 Å². The lowest BCUT2D eigenvalue weighted by atomic mass is 10.1. The first-order valence-corrected chi connectivity index (χ1v) is 15.0. The highest BCUT2D eigenvalue weighted by Crippen LogP contribution is 2.38. The van der Waals surface area contributed by atoms with E-state index in [1.165, 1.54) is 0 Å². The van der Waals surface area contributed by atoms with Crippen molar-refractivity contribution in [3.8, 4) is 5.75 Å². The standard InChI is InChI=1S/C28H42O5Si/c1-22(31-20-23-11-9-8-10-12-23)27(32-21-24-13-15-25(30-5)16-14-24)19-26(17-18-29)33-34(6,7)28(2,3)4/h8-16,18,22,26-27H,17,19-21H2,1-7H3/t22-,26-,27?/m1/s1. The van der Waals surface area contributed by atoms with E-state index >= 15 is 0 Å². The Labute approximate surface area is 206 Å². The summed E-state index contributed by atoms with van der Waals surface area (Å²) in [4.78, 5) is 11.5. The molecule has 0 saturated heterocycles. The molecule has 1 unspecified atom stereocenters. The highest BCUT2D eigenvalue weighted by molar-refractivity contribution is 6.74. The van der Waals surface area contributed by atoms with Gasteiger partial charge < -0.3 is 23.4 Å². The van der Waals surface area contributed by atoms with Crippen LogP contribution >= 0.6 is 0 Å². The maximum absolute atomic E-state index is 11.5. The van der Waals surface area contributed by atoms with Crippen LogP contribution in [-0.4, -0.2) is 40.0 Å². The Hall–Kier alpha value is -1.99. The van der Waals surface area contributed by atoms with E-state index in [1.807, 2.05) is 49.4 Å². The summed E-state index contributed by atoms with van der Waals surface area (Å²) in [6.45, 7) is 14.0. The van der Waals surface area contributed by atoms with Crippen LogP contribution in [0.2, 0.25) is 18.1 Å². The smallest absolute Gasteiger partial charge is 0.192 e. The maximum atomic E-state index is 11.5. The Kier molecular flexibility index (Phi) is 11.0. The highest BCUT2D eigenvalue weighted by atomic mass is 28.4. The minimum absolute atomic E-state index is 0.0585. The Bertz CT molecular complexity index is 845. The van der Waals surface area contributed by atoms with Gasteiger partial charge in [-0.25, -0.2) is 0 Å². The molecule has 0 aromatic heterocycles. The largest absolute Gasteiger partial charge is 0.497 e. The van der Waals surface area contributed by atoms with Gasteiger partial charge in [-0.1, -0.05) is 63.2 Å². The second-order valence-electron chi connectivity index (χ2n) is 10.3. The summed E-state index contributed by atoms with van der Waals surface area (Å²) in [5.41, 5.74) is 2.17. The van der Waals surface area contributed by atoms with Crippen LogP contribution in [0, 0.1) is 0 Å². The predicted molar refractivity (Wildman–Crippen MR) is 140 cm³/mol. The molecule has 34 heavy (non-hydrogen) atoms. The van der Waals surface area contributed by atoms with E-state index in [9.17, 15) is 4.79 Å². The number of hydrogen-bond acceptors (Lipinski definition) is 5. The quantitative estimate of drug-likeness (QED) is 0.224. The van der Waals surface area contributed by atoms with Gasteiger partial charge in [-0.05, 0) is 48.3 Å². The molecule has 0 aliphatic rings. The van der Waals surface area contributed by atoms with E-state index in [2.05, 4.69) is 46.0 Å². The second kappa shape index (κ2) is 13.2. The Morgan fingerprint density at radius 2 is 1.50 bits per heavy atom. The number of hydrogen-bond donors (Lipinski definition) is 0. The number of benzene rings is 2. The van der Waals surface area contributed by atoms with Crippen molar-refractivity contribution in [1.29, 1.82) is 0 Å². The molecule has 0 radical (unpaired) electrons. The third kappa shape index (κ3) is 8.99. The van der Waals surface area contributed by atoms with E-state index < -0.39 is 8.32 Å². The van der Waals surface area contributed by atoms with Gasteiger partial charge in [-0.2, -0.15) is 0 Å². The zero-order valence-corrected chi connectivity index (χ0v) is 22.9. The van der Waals surface area contributed by atoms with Crippen LogP contribution < -0.4 is 4.74 Å². The number of methoxy groups -OCH3 is 1. The average Bonchev–Trinajstić information content (AvgIpc) is 2.80. The van der Waals surface area contributed by atoms with Gasteiger partial charge in [-0.3, -0.25) is 0 Å². The van der Waals surface area contributed by atoms with Crippen LogP contribution in [0.25, 0.3) is 0 Å². The van der Waals surface area contributed by atoms with Gasteiger partial charge in [0.25, 0.3) is 0 Å². The van der Waals surface area contributed by atoms with Gasteiger partial charge in [0.2, 0.25) is 0 Å². The first kappa shape index (κ1) is 28.2. The molecule has 0 aliphatic heterocycles. The number of aldehydes is 1. The summed E-state index contributed by atoms with van der Waals surface area (Å²) < 4.78 is 24.5. The molecule has 5 nitrogen and oxygen atoms in total. The summed E-state index contributed by atoms with van der Waals surface area (Å²) in [6, 6.07) is 18.0. The molecule has 0 bridgehead atoms. The molecule has 0 aliphatic carbocycles. The second-order valence-corrected chi connectivity index (χ2v) is 15.1. The van der Waals surface area contributed by atoms with Gasteiger partial charge in [0.15, 0.2) is 8.32 Å². The average molecular weight is 487 g/mol. The zero-order valence-electron chi connectivity index (χ0n) is 21.9. The van der Waals surface area contributed by atoms with E-state index in [-0.39, 0.29) is 23.4 Å². The number of rotatable bonds is 14. The molecule has 0 spiro atoms. The van der Waals surface area contributed by atoms with Crippen molar-refractivity contribution in [3.05, 3.63) is 65.7 Å². The zero-order chi connectivity index (χ0) is 25.2. The van der Waals surface area contributed by atoms with Crippen LogP contribution in [0.15, 0.2) is 54.6 Å². The van der Waals surface area contributed by atoms with Gasteiger partial charge >= 0.3 is 0 Å². The van der Waals surface area contributed by atoms with Crippen molar-refractivity contribution in [3.63, 3.8) is 0 Å². The van der Waals surface area contributed by atoms with Crippen LogP contribution in [-0.2, 0) is 31.9 Å². The Morgan fingerprint density at radius 1 is 0.912 bits per heavy atom. The number of carbonyl (C=O) groups excluding carboxylic acids is 1. The van der Waals surface area contributed by atoms with Gasteiger partial charge in [-0.15, -0.1) is 0 Å². The van der Waals surface area contributed by atoms with E-state index in [1.54, 1.807) is 7.11 Å². The lowest BCUT2D eigenvalue weighted by molar-refractivity contribution is -0.112. The molecular formula is C28H42O5Si. The molecule has 0 N–H and O–H groups in total. The SMILES string of the molecule is COc1ccc(COC(C[C@@H](CC=O)O[Si](C)(C)C(C)(C)C)[C@@H](C)OCc2ccccc2)cc1. The molecule has 3 atom stereocenters. The molecule has 0 amide bonds. The van der Waals surface area contributed by atoms with E-state index in [0.29, 0.717) is 26.1 Å². The van der Waals surface area contributed by atoms with Crippen molar-refractivity contribution in [2.45, 2.75) is 90.2 Å². The highest BCUT2D eigenvalue weighted by Gasteiger charge is 2.40.